The molecule has 1 amide bonds. The number of rotatable bonds is 2. The second-order valence-corrected chi connectivity index (χ2v) is 4.50. The Morgan fingerprint density at radius 2 is 1.89 bits per heavy atom. The average molecular weight is 281 g/mol. The van der Waals surface area contributed by atoms with Crippen molar-refractivity contribution >= 4 is 34.9 Å². The van der Waals surface area contributed by atoms with Gasteiger partial charge in [-0.25, -0.2) is 4.98 Å². The largest absolute Gasteiger partial charge is 0.307 e. The smallest absolute Gasteiger partial charge is 0.258 e. The van der Waals surface area contributed by atoms with Crippen molar-refractivity contribution in [3.63, 3.8) is 0 Å². The van der Waals surface area contributed by atoms with E-state index in [-0.39, 0.29) is 10.9 Å². The molecule has 18 heavy (non-hydrogen) atoms. The second-order valence-electron chi connectivity index (χ2n) is 3.72. The van der Waals surface area contributed by atoms with Crippen molar-refractivity contribution in [2.75, 3.05) is 5.32 Å². The number of benzene rings is 1. The highest BCUT2D eigenvalue weighted by atomic mass is 35.5. The van der Waals surface area contributed by atoms with Gasteiger partial charge in [-0.1, -0.05) is 35.3 Å². The molecule has 0 fully saturated rings. The molecule has 92 valence electrons. The van der Waals surface area contributed by atoms with Gasteiger partial charge >= 0.3 is 0 Å². The summed E-state index contributed by atoms with van der Waals surface area (Å²) in [4.78, 5) is 16.2. The van der Waals surface area contributed by atoms with Gasteiger partial charge in [0.25, 0.3) is 5.91 Å². The lowest BCUT2D eigenvalue weighted by atomic mass is 10.2. The average Bonchev–Trinajstić information content (AvgIpc) is 2.32. The highest BCUT2D eigenvalue weighted by Crippen LogP contribution is 2.25. The lowest BCUT2D eigenvalue weighted by Crippen LogP contribution is -2.13. The molecule has 0 bridgehead atoms. The predicted octanol–water partition coefficient (Wildman–Crippen LogP) is 3.95. The highest BCUT2D eigenvalue weighted by Gasteiger charge is 2.13. The van der Waals surface area contributed by atoms with E-state index in [9.17, 15) is 4.79 Å². The fourth-order valence-electron chi connectivity index (χ4n) is 1.48. The Balaban J connectivity index is 2.25. The summed E-state index contributed by atoms with van der Waals surface area (Å²) in [5, 5.41) is 3.26. The van der Waals surface area contributed by atoms with Gasteiger partial charge in [0, 0.05) is 5.69 Å². The molecule has 0 atom stereocenters. The zero-order chi connectivity index (χ0) is 13.1. The highest BCUT2D eigenvalue weighted by molar-refractivity contribution is 6.44. The van der Waals surface area contributed by atoms with Crippen molar-refractivity contribution in [1.82, 2.24) is 4.98 Å². The number of amides is 1. The molecule has 1 N–H and O–H groups in total. The number of carbonyl (C=O) groups is 1. The maximum absolute atomic E-state index is 12.0. The Morgan fingerprint density at radius 1 is 1.17 bits per heavy atom. The summed E-state index contributed by atoms with van der Waals surface area (Å²) in [6, 6.07) is 10.3. The third kappa shape index (κ3) is 2.81. The summed E-state index contributed by atoms with van der Waals surface area (Å²) in [5.41, 5.74) is 1.15. The molecule has 1 heterocycles. The number of nitrogens with one attached hydrogen (secondary N) is 1. The van der Waals surface area contributed by atoms with Crippen LogP contribution in [0.4, 0.5) is 5.82 Å². The van der Waals surface area contributed by atoms with Gasteiger partial charge in [-0.3, -0.25) is 4.79 Å². The first-order chi connectivity index (χ1) is 8.58. The zero-order valence-electron chi connectivity index (χ0n) is 9.58. The predicted molar refractivity (Wildman–Crippen MR) is 73.4 cm³/mol. The standard InChI is InChI=1S/C13H10Cl2N2O/c1-8-4-2-7-11(16-8)17-13(18)9-5-3-6-10(14)12(9)15/h2-7H,1H3,(H,16,17,18). The van der Waals surface area contributed by atoms with Crippen LogP contribution in [-0.2, 0) is 0 Å². The van der Waals surface area contributed by atoms with Crippen LogP contribution in [0.2, 0.25) is 10.0 Å². The number of carbonyl (C=O) groups excluding carboxylic acids is 1. The quantitative estimate of drug-likeness (QED) is 0.905. The summed E-state index contributed by atoms with van der Waals surface area (Å²) in [7, 11) is 0. The summed E-state index contributed by atoms with van der Waals surface area (Å²) in [6.07, 6.45) is 0. The van der Waals surface area contributed by atoms with Gasteiger partial charge in [-0.15, -0.1) is 0 Å². The van der Waals surface area contributed by atoms with Crippen molar-refractivity contribution in [2.24, 2.45) is 0 Å². The van der Waals surface area contributed by atoms with E-state index in [2.05, 4.69) is 10.3 Å². The molecule has 1 aromatic carbocycles. The monoisotopic (exact) mass is 280 g/mol. The fourth-order valence-corrected chi connectivity index (χ4v) is 1.86. The molecule has 0 aliphatic rings. The minimum Gasteiger partial charge on any atom is -0.307 e. The molecule has 5 heteroatoms. The maximum atomic E-state index is 12.0. The zero-order valence-corrected chi connectivity index (χ0v) is 11.1. The van der Waals surface area contributed by atoms with Gasteiger partial charge in [-0.2, -0.15) is 0 Å². The molecular weight excluding hydrogens is 271 g/mol. The third-order valence-electron chi connectivity index (χ3n) is 2.33. The Bertz CT molecular complexity index is 599. The number of aromatic nitrogens is 1. The molecule has 0 spiro atoms. The van der Waals surface area contributed by atoms with E-state index in [1.165, 1.54) is 0 Å². The van der Waals surface area contributed by atoms with E-state index in [1.807, 2.05) is 19.1 Å². The summed E-state index contributed by atoms with van der Waals surface area (Å²) in [5.74, 6) is 0.150. The first-order valence-electron chi connectivity index (χ1n) is 5.27. The minimum atomic E-state index is -0.333. The van der Waals surface area contributed by atoms with Crippen LogP contribution in [0.15, 0.2) is 36.4 Å². The lowest BCUT2D eigenvalue weighted by Gasteiger charge is -2.07. The normalized spacial score (nSPS) is 10.2. The topological polar surface area (TPSA) is 42.0 Å². The molecular formula is C13H10Cl2N2O. The van der Waals surface area contributed by atoms with Gasteiger partial charge in [0.1, 0.15) is 5.82 Å². The maximum Gasteiger partial charge on any atom is 0.258 e. The Hall–Kier alpha value is -1.58. The third-order valence-corrected chi connectivity index (χ3v) is 3.15. The van der Waals surface area contributed by atoms with Crippen molar-refractivity contribution in [3.05, 3.63) is 57.7 Å². The van der Waals surface area contributed by atoms with Crippen molar-refractivity contribution in [2.45, 2.75) is 6.92 Å². The van der Waals surface area contributed by atoms with Crippen molar-refractivity contribution < 1.29 is 4.79 Å². The molecule has 0 radical (unpaired) electrons. The second kappa shape index (κ2) is 5.38. The number of aryl methyl sites for hydroxylation is 1. The first-order valence-corrected chi connectivity index (χ1v) is 6.02. The fraction of sp³-hybridized carbons (Fsp3) is 0.0769. The number of hydrogen-bond donors (Lipinski definition) is 1. The number of anilines is 1. The first kappa shape index (κ1) is 12.9. The number of halogens is 2. The Kier molecular flexibility index (Phi) is 3.84. The number of pyridine rings is 1. The minimum absolute atomic E-state index is 0.240. The molecule has 0 unspecified atom stereocenters. The molecule has 2 aromatic rings. The molecule has 0 aliphatic carbocycles. The van der Waals surface area contributed by atoms with Crippen LogP contribution < -0.4 is 5.32 Å². The van der Waals surface area contributed by atoms with Crippen LogP contribution in [0.3, 0.4) is 0 Å². The van der Waals surface area contributed by atoms with Gasteiger partial charge < -0.3 is 5.32 Å². The van der Waals surface area contributed by atoms with Crippen LogP contribution in [-0.4, -0.2) is 10.9 Å². The van der Waals surface area contributed by atoms with E-state index in [0.717, 1.165) is 5.69 Å². The molecule has 1 aromatic heterocycles. The van der Waals surface area contributed by atoms with E-state index in [4.69, 9.17) is 23.2 Å². The van der Waals surface area contributed by atoms with Crippen molar-refractivity contribution in [1.29, 1.82) is 0 Å². The Labute approximate surface area is 115 Å². The van der Waals surface area contributed by atoms with Crippen LogP contribution in [0, 0.1) is 6.92 Å². The molecule has 0 saturated carbocycles. The number of nitrogens with zero attached hydrogens (tertiary/aromatic N) is 1. The van der Waals surface area contributed by atoms with Crippen molar-refractivity contribution in [3.8, 4) is 0 Å². The lowest BCUT2D eigenvalue weighted by molar-refractivity contribution is 0.102. The van der Waals surface area contributed by atoms with E-state index in [1.54, 1.807) is 24.3 Å². The van der Waals surface area contributed by atoms with Crippen LogP contribution in [0.5, 0.6) is 0 Å². The van der Waals surface area contributed by atoms with Crippen LogP contribution in [0.25, 0.3) is 0 Å². The Morgan fingerprint density at radius 3 is 2.61 bits per heavy atom. The van der Waals surface area contributed by atoms with E-state index >= 15 is 0 Å². The SMILES string of the molecule is Cc1cccc(NC(=O)c2cccc(Cl)c2Cl)n1. The summed E-state index contributed by atoms with van der Waals surface area (Å²) in [6.45, 7) is 1.85. The molecule has 3 nitrogen and oxygen atoms in total. The summed E-state index contributed by atoms with van der Waals surface area (Å²) >= 11 is 11.8. The van der Waals surface area contributed by atoms with Gasteiger partial charge in [-0.05, 0) is 31.2 Å². The number of hydrogen-bond acceptors (Lipinski definition) is 2. The molecule has 0 aliphatic heterocycles. The van der Waals surface area contributed by atoms with Crippen LogP contribution >= 0.6 is 23.2 Å². The van der Waals surface area contributed by atoms with E-state index in [0.29, 0.717) is 16.4 Å². The van der Waals surface area contributed by atoms with E-state index < -0.39 is 0 Å². The van der Waals surface area contributed by atoms with Gasteiger partial charge in [0.05, 0.1) is 15.6 Å². The van der Waals surface area contributed by atoms with Gasteiger partial charge in [0.2, 0.25) is 0 Å². The van der Waals surface area contributed by atoms with Gasteiger partial charge in [0.15, 0.2) is 0 Å². The molecule has 0 saturated heterocycles. The van der Waals surface area contributed by atoms with Crippen LogP contribution in [0.1, 0.15) is 16.1 Å². The molecule has 2 rings (SSSR count). The summed E-state index contributed by atoms with van der Waals surface area (Å²) < 4.78 is 0.